The van der Waals surface area contributed by atoms with Crippen molar-refractivity contribution >= 4 is 44.6 Å². The molecular weight excluding hydrogens is 311 g/mol. The predicted octanol–water partition coefficient (Wildman–Crippen LogP) is 4.76. The molecule has 1 heterocycles. The van der Waals surface area contributed by atoms with E-state index in [0.717, 1.165) is 11.1 Å². The predicted molar refractivity (Wildman–Crippen MR) is 87.5 cm³/mol. The highest BCUT2D eigenvalue weighted by molar-refractivity contribution is 7.17. The summed E-state index contributed by atoms with van der Waals surface area (Å²) in [5.41, 5.74) is 4.99. The number of nitrogens with two attached hydrogens (primary N) is 1. The van der Waals surface area contributed by atoms with Gasteiger partial charge in [-0.1, -0.05) is 47.5 Å². The number of hydrogen-bond acceptors (Lipinski definition) is 3. The maximum absolute atomic E-state index is 6.10. The molecule has 3 aromatic rings. The lowest BCUT2D eigenvalue weighted by molar-refractivity contribution is 0.641. The minimum atomic E-state index is -0.118. The van der Waals surface area contributed by atoms with Crippen LogP contribution in [0.1, 0.15) is 17.2 Å². The fraction of sp³-hybridized carbons (Fsp3) is 0.0667. The maximum Gasteiger partial charge on any atom is 0.0724 e. The number of rotatable bonds is 3. The Morgan fingerprint density at radius 1 is 1.05 bits per heavy atom. The topological polar surface area (TPSA) is 38.0 Å². The van der Waals surface area contributed by atoms with E-state index < -0.39 is 0 Å². The summed E-state index contributed by atoms with van der Waals surface area (Å²) in [6.07, 6.45) is 0. The Bertz CT molecular complexity index is 754. The van der Waals surface area contributed by atoms with Gasteiger partial charge in [-0.2, -0.15) is 0 Å². The van der Waals surface area contributed by atoms with E-state index in [2.05, 4.69) is 29.0 Å². The van der Waals surface area contributed by atoms with Crippen LogP contribution in [0.5, 0.6) is 0 Å². The Morgan fingerprint density at radius 3 is 2.65 bits per heavy atom. The summed E-state index contributed by atoms with van der Waals surface area (Å²) in [6, 6.07) is 13.8. The molecule has 0 amide bonds. The molecule has 2 nitrogen and oxygen atoms in total. The molecule has 0 aliphatic rings. The minimum Gasteiger partial charge on any atom is -0.271 e. The van der Waals surface area contributed by atoms with Gasteiger partial charge < -0.3 is 0 Å². The second-order valence-corrected chi connectivity index (χ2v) is 6.19. The molecule has 2 aromatic carbocycles. The second kappa shape index (κ2) is 5.72. The van der Waals surface area contributed by atoms with Crippen molar-refractivity contribution in [2.24, 2.45) is 5.84 Å². The van der Waals surface area contributed by atoms with Crippen LogP contribution in [0, 0.1) is 0 Å². The van der Waals surface area contributed by atoms with Crippen LogP contribution in [0.4, 0.5) is 0 Å². The molecule has 0 aliphatic heterocycles. The molecule has 3 N–H and O–H groups in total. The fourth-order valence-electron chi connectivity index (χ4n) is 2.30. The van der Waals surface area contributed by atoms with Crippen LogP contribution in [0.3, 0.4) is 0 Å². The molecule has 0 saturated heterocycles. The van der Waals surface area contributed by atoms with Crippen molar-refractivity contribution in [3.8, 4) is 0 Å². The maximum atomic E-state index is 6.10. The molecule has 0 saturated carbocycles. The lowest BCUT2D eigenvalue weighted by atomic mass is 9.98. The number of hydrazine groups is 1. The summed E-state index contributed by atoms with van der Waals surface area (Å²) in [7, 11) is 0. The van der Waals surface area contributed by atoms with Gasteiger partial charge in [0, 0.05) is 4.70 Å². The van der Waals surface area contributed by atoms with E-state index in [1.807, 2.05) is 18.2 Å². The highest BCUT2D eigenvalue weighted by atomic mass is 35.5. The van der Waals surface area contributed by atoms with Crippen LogP contribution in [0.25, 0.3) is 10.1 Å². The van der Waals surface area contributed by atoms with Gasteiger partial charge in [-0.3, -0.25) is 5.84 Å². The molecule has 0 bridgehead atoms. The summed E-state index contributed by atoms with van der Waals surface area (Å²) in [4.78, 5) is 0. The summed E-state index contributed by atoms with van der Waals surface area (Å²) in [5.74, 6) is 5.76. The Morgan fingerprint density at radius 2 is 1.90 bits per heavy atom. The normalized spacial score (nSPS) is 12.8. The van der Waals surface area contributed by atoms with E-state index >= 15 is 0 Å². The third kappa shape index (κ3) is 2.43. The average Bonchev–Trinajstić information content (AvgIpc) is 2.93. The van der Waals surface area contributed by atoms with E-state index in [1.54, 1.807) is 17.4 Å². The summed E-state index contributed by atoms with van der Waals surface area (Å²) in [6.45, 7) is 0. The molecular formula is C15H12Cl2N2S. The average molecular weight is 323 g/mol. The fourth-order valence-corrected chi connectivity index (χ4v) is 3.55. The van der Waals surface area contributed by atoms with Gasteiger partial charge in [0.1, 0.15) is 0 Å². The Hall–Kier alpha value is -1.10. The van der Waals surface area contributed by atoms with Crippen LogP contribution in [-0.4, -0.2) is 0 Å². The number of nitrogens with one attached hydrogen (secondary N) is 1. The van der Waals surface area contributed by atoms with Gasteiger partial charge in [0.05, 0.1) is 16.1 Å². The molecule has 20 heavy (non-hydrogen) atoms. The highest BCUT2D eigenvalue weighted by Gasteiger charge is 2.16. The largest absolute Gasteiger partial charge is 0.271 e. The lowest BCUT2D eigenvalue weighted by Gasteiger charge is -2.18. The minimum absolute atomic E-state index is 0.118. The third-order valence-electron chi connectivity index (χ3n) is 3.26. The summed E-state index contributed by atoms with van der Waals surface area (Å²) in [5, 5.41) is 4.37. The van der Waals surface area contributed by atoms with Crippen molar-refractivity contribution in [3.63, 3.8) is 0 Å². The van der Waals surface area contributed by atoms with E-state index in [4.69, 9.17) is 29.0 Å². The molecule has 102 valence electrons. The van der Waals surface area contributed by atoms with Gasteiger partial charge >= 0.3 is 0 Å². The van der Waals surface area contributed by atoms with Crippen LogP contribution < -0.4 is 11.3 Å². The number of halogens is 2. The molecule has 5 heteroatoms. The standard InChI is InChI=1S/C15H12Cl2N2S/c16-12-5-4-10(8-13(12)17)14(19-18)11-3-1-2-9-6-7-20-15(9)11/h1-8,14,19H,18H2. The zero-order valence-corrected chi connectivity index (χ0v) is 12.8. The smallest absolute Gasteiger partial charge is 0.0724 e. The van der Waals surface area contributed by atoms with E-state index in [9.17, 15) is 0 Å². The highest BCUT2D eigenvalue weighted by Crippen LogP contribution is 2.34. The van der Waals surface area contributed by atoms with Crippen LogP contribution in [0.15, 0.2) is 47.8 Å². The Balaban J connectivity index is 2.13. The van der Waals surface area contributed by atoms with E-state index in [-0.39, 0.29) is 6.04 Å². The van der Waals surface area contributed by atoms with Crippen molar-refractivity contribution in [1.29, 1.82) is 0 Å². The van der Waals surface area contributed by atoms with Gasteiger partial charge in [-0.25, -0.2) is 5.43 Å². The van der Waals surface area contributed by atoms with Gasteiger partial charge in [0.2, 0.25) is 0 Å². The molecule has 0 fully saturated rings. The Labute approximate surface area is 131 Å². The molecule has 1 unspecified atom stereocenters. The number of benzene rings is 2. The first-order valence-corrected chi connectivity index (χ1v) is 7.71. The van der Waals surface area contributed by atoms with Gasteiger partial charge in [0.25, 0.3) is 0 Å². The van der Waals surface area contributed by atoms with Gasteiger partial charge in [0.15, 0.2) is 0 Å². The van der Waals surface area contributed by atoms with Crippen molar-refractivity contribution in [2.45, 2.75) is 6.04 Å². The van der Waals surface area contributed by atoms with E-state index in [0.29, 0.717) is 10.0 Å². The monoisotopic (exact) mass is 322 g/mol. The zero-order chi connectivity index (χ0) is 14.1. The van der Waals surface area contributed by atoms with Crippen molar-refractivity contribution in [3.05, 3.63) is 69.0 Å². The molecule has 0 radical (unpaired) electrons. The van der Waals surface area contributed by atoms with Crippen LogP contribution in [-0.2, 0) is 0 Å². The van der Waals surface area contributed by atoms with Gasteiger partial charge in [-0.05, 0) is 40.1 Å². The lowest BCUT2D eigenvalue weighted by Crippen LogP contribution is -2.28. The molecule has 1 aromatic heterocycles. The number of hydrogen-bond donors (Lipinski definition) is 2. The molecule has 3 rings (SSSR count). The third-order valence-corrected chi connectivity index (χ3v) is 4.98. The van der Waals surface area contributed by atoms with Gasteiger partial charge in [-0.15, -0.1) is 11.3 Å². The van der Waals surface area contributed by atoms with Crippen molar-refractivity contribution in [2.75, 3.05) is 0 Å². The van der Waals surface area contributed by atoms with Crippen molar-refractivity contribution < 1.29 is 0 Å². The number of thiophene rings is 1. The molecule has 0 aliphatic carbocycles. The van der Waals surface area contributed by atoms with E-state index in [1.165, 1.54) is 10.1 Å². The first-order chi connectivity index (χ1) is 9.70. The summed E-state index contributed by atoms with van der Waals surface area (Å²) < 4.78 is 1.22. The second-order valence-electron chi connectivity index (χ2n) is 4.46. The molecule has 0 spiro atoms. The van der Waals surface area contributed by atoms with Crippen LogP contribution >= 0.6 is 34.5 Å². The zero-order valence-electron chi connectivity index (χ0n) is 10.4. The Kier molecular flexibility index (Phi) is 3.96. The quantitative estimate of drug-likeness (QED) is 0.539. The first kappa shape index (κ1) is 13.9. The summed E-state index contributed by atoms with van der Waals surface area (Å²) >= 11 is 13.8. The SMILES string of the molecule is NNC(c1ccc(Cl)c(Cl)c1)c1cccc2ccsc12. The van der Waals surface area contributed by atoms with Crippen LogP contribution in [0.2, 0.25) is 10.0 Å². The molecule has 1 atom stereocenters. The number of fused-ring (bicyclic) bond motifs is 1. The van der Waals surface area contributed by atoms with Crippen molar-refractivity contribution in [1.82, 2.24) is 5.43 Å². The first-order valence-electron chi connectivity index (χ1n) is 6.08.